The number of piperidine rings is 1. The second kappa shape index (κ2) is 8.93. The van der Waals surface area contributed by atoms with E-state index in [2.05, 4.69) is 5.32 Å². The van der Waals surface area contributed by atoms with E-state index in [-0.39, 0.29) is 17.9 Å². The summed E-state index contributed by atoms with van der Waals surface area (Å²) in [6.45, 7) is 4.61. The van der Waals surface area contributed by atoms with Crippen molar-refractivity contribution in [3.05, 3.63) is 64.2 Å². The highest BCUT2D eigenvalue weighted by atomic mass is 35.5. The number of rotatable bonds is 6. The number of carbonyl (C=O) groups is 1. The van der Waals surface area contributed by atoms with Gasteiger partial charge >= 0.3 is 0 Å². The fraction of sp³-hybridized carbons (Fsp3) is 0.458. The number of halogens is 1. The molecule has 166 valence electrons. The van der Waals surface area contributed by atoms with Crippen LogP contribution >= 0.6 is 11.6 Å². The Hall–Kier alpha value is -1.89. The van der Waals surface area contributed by atoms with Gasteiger partial charge < -0.3 is 5.32 Å². The molecule has 2 aromatic carbocycles. The number of carbonyl (C=O) groups excluding carboxylic acids is 1. The van der Waals surface area contributed by atoms with Gasteiger partial charge in [0.2, 0.25) is 15.9 Å². The number of amides is 1. The third-order valence-corrected chi connectivity index (χ3v) is 8.71. The van der Waals surface area contributed by atoms with Crippen LogP contribution in [0.3, 0.4) is 0 Å². The molecule has 1 unspecified atom stereocenters. The van der Waals surface area contributed by atoms with E-state index in [0.717, 1.165) is 29.5 Å². The molecule has 1 atom stereocenters. The van der Waals surface area contributed by atoms with E-state index in [1.807, 2.05) is 44.2 Å². The number of aryl methyl sites for hydroxylation is 2. The van der Waals surface area contributed by atoms with E-state index in [0.29, 0.717) is 41.8 Å². The highest BCUT2D eigenvalue weighted by Gasteiger charge is 2.37. The Morgan fingerprint density at radius 2 is 1.65 bits per heavy atom. The lowest BCUT2D eigenvalue weighted by Gasteiger charge is -2.31. The Balaban J connectivity index is 1.39. The standard InChI is InChI=1S/C24H29ClN2O3S/c1-16-3-10-22(15-17(16)2)31(29,30)27-13-11-20(12-14-27)24(28)26-23(18-4-5-18)19-6-8-21(25)9-7-19/h3,6-10,15,18,20,23H,4-5,11-14H2,1-2H3,(H,26,28). The topological polar surface area (TPSA) is 66.5 Å². The number of nitrogens with zero attached hydrogens (tertiary/aromatic N) is 1. The van der Waals surface area contributed by atoms with Crippen LogP contribution in [0, 0.1) is 25.7 Å². The molecule has 4 rings (SSSR count). The van der Waals surface area contributed by atoms with Gasteiger partial charge in [0.25, 0.3) is 0 Å². The van der Waals surface area contributed by atoms with E-state index in [9.17, 15) is 13.2 Å². The molecule has 1 aliphatic carbocycles. The van der Waals surface area contributed by atoms with Crippen LogP contribution in [0.2, 0.25) is 5.02 Å². The van der Waals surface area contributed by atoms with Crippen LogP contribution in [0.4, 0.5) is 0 Å². The smallest absolute Gasteiger partial charge is 0.243 e. The Morgan fingerprint density at radius 1 is 1.00 bits per heavy atom. The third kappa shape index (κ3) is 4.97. The zero-order valence-corrected chi connectivity index (χ0v) is 19.5. The number of sulfonamides is 1. The summed E-state index contributed by atoms with van der Waals surface area (Å²) in [6.07, 6.45) is 3.29. The Labute approximate surface area is 189 Å². The van der Waals surface area contributed by atoms with Crippen molar-refractivity contribution in [3.63, 3.8) is 0 Å². The molecule has 5 nitrogen and oxygen atoms in total. The van der Waals surface area contributed by atoms with Gasteiger partial charge in [-0.2, -0.15) is 4.31 Å². The van der Waals surface area contributed by atoms with Crippen molar-refractivity contribution >= 4 is 27.5 Å². The quantitative estimate of drug-likeness (QED) is 0.683. The number of nitrogens with one attached hydrogen (secondary N) is 1. The van der Waals surface area contributed by atoms with E-state index in [1.165, 1.54) is 4.31 Å². The number of hydrogen-bond acceptors (Lipinski definition) is 3. The molecule has 2 aromatic rings. The van der Waals surface area contributed by atoms with Gasteiger partial charge in [0.05, 0.1) is 10.9 Å². The van der Waals surface area contributed by atoms with E-state index >= 15 is 0 Å². The van der Waals surface area contributed by atoms with Crippen molar-refractivity contribution in [2.75, 3.05) is 13.1 Å². The minimum atomic E-state index is -3.53. The zero-order chi connectivity index (χ0) is 22.2. The molecule has 2 aliphatic rings. The monoisotopic (exact) mass is 460 g/mol. The Kier molecular flexibility index (Phi) is 6.42. The highest BCUT2D eigenvalue weighted by Crippen LogP contribution is 2.41. The Bertz CT molecular complexity index is 1060. The highest BCUT2D eigenvalue weighted by molar-refractivity contribution is 7.89. The first kappa shape index (κ1) is 22.3. The molecular formula is C24H29ClN2O3S. The van der Waals surface area contributed by atoms with Gasteiger partial charge in [0.15, 0.2) is 0 Å². The lowest BCUT2D eigenvalue weighted by molar-refractivity contribution is -0.127. The van der Waals surface area contributed by atoms with E-state index in [4.69, 9.17) is 11.6 Å². The van der Waals surface area contributed by atoms with Crippen molar-refractivity contribution < 1.29 is 13.2 Å². The first-order chi connectivity index (χ1) is 14.8. The maximum Gasteiger partial charge on any atom is 0.243 e. The molecule has 1 saturated carbocycles. The molecule has 1 aliphatic heterocycles. The summed E-state index contributed by atoms with van der Waals surface area (Å²) < 4.78 is 27.6. The largest absolute Gasteiger partial charge is 0.349 e. The minimum absolute atomic E-state index is 0.00191. The molecule has 31 heavy (non-hydrogen) atoms. The van der Waals surface area contributed by atoms with Gasteiger partial charge in [-0.1, -0.05) is 29.8 Å². The van der Waals surface area contributed by atoms with Gasteiger partial charge in [0.1, 0.15) is 0 Å². The SMILES string of the molecule is Cc1ccc(S(=O)(=O)N2CCC(C(=O)NC(c3ccc(Cl)cc3)C3CC3)CC2)cc1C. The molecule has 1 N–H and O–H groups in total. The van der Waals surface area contributed by atoms with Crippen LogP contribution in [0.25, 0.3) is 0 Å². The van der Waals surface area contributed by atoms with Gasteiger partial charge in [-0.05, 0) is 86.4 Å². The third-order valence-electron chi connectivity index (χ3n) is 6.56. The van der Waals surface area contributed by atoms with Crippen LogP contribution in [0.1, 0.15) is 48.4 Å². The van der Waals surface area contributed by atoms with Gasteiger partial charge in [0, 0.05) is 24.0 Å². The average Bonchev–Trinajstić information content (AvgIpc) is 3.60. The fourth-order valence-electron chi connectivity index (χ4n) is 4.23. The molecule has 2 fully saturated rings. The summed E-state index contributed by atoms with van der Waals surface area (Å²) in [4.78, 5) is 13.3. The molecule has 0 spiro atoms. The molecule has 1 amide bonds. The lowest BCUT2D eigenvalue weighted by atomic mass is 9.95. The van der Waals surface area contributed by atoms with Crippen molar-refractivity contribution in [2.24, 2.45) is 11.8 Å². The summed E-state index contributed by atoms with van der Waals surface area (Å²) in [7, 11) is -3.53. The minimum Gasteiger partial charge on any atom is -0.349 e. The molecule has 0 radical (unpaired) electrons. The molecule has 1 saturated heterocycles. The summed E-state index contributed by atoms with van der Waals surface area (Å²) >= 11 is 6.01. The van der Waals surface area contributed by atoms with Gasteiger partial charge in [-0.15, -0.1) is 0 Å². The first-order valence-corrected chi connectivity index (χ1v) is 12.7. The predicted molar refractivity (Wildman–Crippen MR) is 122 cm³/mol. The average molecular weight is 461 g/mol. The molecule has 0 bridgehead atoms. The van der Waals surface area contributed by atoms with Crippen LogP contribution in [-0.2, 0) is 14.8 Å². The lowest BCUT2D eigenvalue weighted by Crippen LogP contribution is -2.44. The summed E-state index contributed by atoms with van der Waals surface area (Å²) in [5.74, 6) is 0.324. The maximum absolute atomic E-state index is 13.0. The van der Waals surface area contributed by atoms with E-state index in [1.54, 1.807) is 12.1 Å². The van der Waals surface area contributed by atoms with Crippen molar-refractivity contribution in [3.8, 4) is 0 Å². The van der Waals surface area contributed by atoms with Crippen molar-refractivity contribution in [1.82, 2.24) is 9.62 Å². The predicted octanol–water partition coefficient (Wildman–Crippen LogP) is 4.63. The van der Waals surface area contributed by atoms with Crippen LogP contribution in [-0.4, -0.2) is 31.7 Å². The molecular weight excluding hydrogens is 432 g/mol. The summed E-state index contributed by atoms with van der Waals surface area (Å²) in [6, 6.07) is 12.9. The Morgan fingerprint density at radius 3 is 2.23 bits per heavy atom. The normalized spacial score (nSPS) is 19.2. The second-order valence-corrected chi connectivity index (χ2v) is 11.2. The first-order valence-electron chi connectivity index (χ1n) is 10.9. The van der Waals surface area contributed by atoms with E-state index < -0.39 is 10.0 Å². The second-order valence-electron chi connectivity index (χ2n) is 8.80. The molecule has 7 heteroatoms. The molecule has 0 aromatic heterocycles. The number of benzene rings is 2. The van der Waals surface area contributed by atoms with Crippen molar-refractivity contribution in [2.45, 2.75) is 50.5 Å². The zero-order valence-electron chi connectivity index (χ0n) is 18.0. The van der Waals surface area contributed by atoms with Crippen LogP contribution < -0.4 is 5.32 Å². The number of hydrogen-bond donors (Lipinski definition) is 1. The van der Waals surface area contributed by atoms with Gasteiger partial charge in [-0.25, -0.2) is 8.42 Å². The van der Waals surface area contributed by atoms with Crippen LogP contribution in [0.5, 0.6) is 0 Å². The van der Waals surface area contributed by atoms with Gasteiger partial charge in [-0.3, -0.25) is 4.79 Å². The summed E-state index contributed by atoms with van der Waals surface area (Å²) in [5.41, 5.74) is 3.11. The maximum atomic E-state index is 13.0. The fourth-order valence-corrected chi connectivity index (χ4v) is 5.91. The molecule has 1 heterocycles. The van der Waals surface area contributed by atoms with Crippen molar-refractivity contribution in [1.29, 1.82) is 0 Å². The van der Waals surface area contributed by atoms with Crippen LogP contribution in [0.15, 0.2) is 47.4 Å². The summed E-state index contributed by atoms with van der Waals surface area (Å²) in [5, 5.41) is 3.92.